The second-order valence-corrected chi connectivity index (χ2v) is 5.89. The molecule has 19 heavy (non-hydrogen) atoms. The maximum Gasteiger partial charge on any atom is 0.342 e. The molecule has 0 aliphatic rings. The lowest BCUT2D eigenvalue weighted by Crippen LogP contribution is -2.35. The first kappa shape index (κ1) is 15.7. The third kappa shape index (κ3) is 5.03. The van der Waals surface area contributed by atoms with Gasteiger partial charge in [-0.1, -0.05) is 18.2 Å². The standard InChI is InChI=1S/C12H18NO5P/c1-3-17-12(15)10(2)13-19(16,9-14)18-11-7-5-4-6-8-11/h4-8,10,14H,3,9H2,1-2H3,(H,13,16). The van der Waals surface area contributed by atoms with Gasteiger partial charge in [0.15, 0.2) is 0 Å². The first-order valence-corrected chi connectivity index (χ1v) is 7.70. The number of carbonyl (C=O) groups is 1. The number of nitrogens with one attached hydrogen (secondary N) is 1. The quantitative estimate of drug-likeness (QED) is 0.587. The SMILES string of the molecule is CCOC(=O)C(C)NP(=O)(CO)Oc1ccccc1. The number of hydrogen-bond donors (Lipinski definition) is 2. The molecule has 0 saturated carbocycles. The number of para-hydroxylation sites is 1. The second-order valence-electron chi connectivity index (χ2n) is 3.82. The van der Waals surface area contributed by atoms with Crippen LogP contribution in [0.25, 0.3) is 0 Å². The molecule has 0 saturated heterocycles. The summed E-state index contributed by atoms with van der Waals surface area (Å²) < 4.78 is 22.3. The summed E-state index contributed by atoms with van der Waals surface area (Å²) in [5, 5.41) is 11.7. The van der Waals surface area contributed by atoms with Crippen LogP contribution >= 0.6 is 7.52 Å². The predicted octanol–water partition coefficient (Wildman–Crippen LogP) is 1.75. The van der Waals surface area contributed by atoms with E-state index in [1.54, 1.807) is 37.3 Å². The van der Waals surface area contributed by atoms with Crippen LogP contribution < -0.4 is 9.61 Å². The average Bonchev–Trinajstić information content (AvgIpc) is 2.40. The molecule has 0 aliphatic heterocycles. The lowest BCUT2D eigenvalue weighted by atomic mass is 10.3. The molecule has 0 fully saturated rings. The third-order valence-electron chi connectivity index (χ3n) is 2.21. The second kappa shape index (κ2) is 7.28. The van der Waals surface area contributed by atoms with Crippen LogP contribution in [-0.2, 0) is 14.1 Å². The first-order valence-electron chi connectivity index (χ1n) is 5.89. The summed E-state index contributed by atoms with van der Waals surface area (Å²) in [5.74, 6) is -0.198. The molecule has 1 aromatic rings. The lowest BCUT2D eigenvalue weighted by Gasteiger charge is -2.21. The number of benzene rings is 1. The van der Waals surface area contributed by atoms with E-state index in [1.165, 1.54) is 6.92 Å². The minimum atomic E-state index is -3.55. The van der Waals surface area contributed by atoms with Crippen molar-refractivity contribution in [2.75, 3.05) is 13.0 Å². The van der Waals surface area contributed by atoms with Gasteiger partial charge in [-0.25, -0.2) is 5.09 Å². The van der Waals surface area contributed by atoms with E-state index in [0.717, 1.165) is 0 Å². The van der Waals surface area contributed by atoms with Crippen molar-refractivity contribution in [2.45, 2.75) is 19.9 Å². The predicted molar refractivity (Wildman–Crippen MR) is 71.0 cm³/mol. The van der Waals surface area contributed by atoms with Gasteiger partial charge in [-0.2, -0.15) is 0 Å². The number of aliphatic hydroxyl groups is 1. The van der Waals surface area contributed by atoms with Gasteiger partial charge in [0.25, 0.3) is 0 Å². The number of ether oxygens (including phenoxy) is 1. The van der Waals surface area contributed by atoms with Crippen molar-refractivity contribution < 1.29 is 23.7 Å². The summed E-state index contributed by atoms with van der Waals surface area (Å²) >= 11 is 0. The molecule has 7 heteroatoms. The molecule has 0 spiro atoms. The molecular weight excluding hydrogens is 269 g/mol. The largest absolute Gasteiger partial charge is 0.465 e. The normalized spacial score (nSPS) is 15.3. The maximum atomic E-state index is 12.3. The van der Waals surface area contributed by atoms with Gasteiger partial charge >= 0.3 is 13.5 Å². The highest BCUT2D eigenvalue weighted by molar-refractivity contribution is 7.57. The van der Waals surface area contributed by atoms with Crippen LogP contribution in [0.15, 0.2) is 30.3 Å². The molecule has 2 N–H and O–H groups in total. The monoisotopic (exact) mass is 287 g/mol. The topological polar surface area (TPSA) is 84.9 Å². The Hall–Kier alpha value is -1.36. The highest BCUT2D eigenvalue weighted by Gasteiger charge is 2.29. The molecule has 2 unspecified atom stereocenters. The maximum absolute atomic E-state index is 12.3. The Morgan fingerprint density at radius 3 is 2.58 bits per heavy atom. The van der Waals surface area contributed by atoms with Crippen molar-refractivity contribution in [2.24, 2.45) is 0 Å². The molecular formula is C12H18NO5P. The zero-order chi connectivity index (χ0) is 14.3. The van der Waals surface area contributed by atoms with Gasteiger partial charge in [-0.3, -0.25) is 9.36 Å². The van der Waals surface area contributed by atoms with E-state index >= 15 is 0 Å². The fourth-order valence-corrected chi connectivity index (χ4v) is 2.71. The van der Waals surface area contributed by atoms with Gasteiger partial charge < -0.3 is 14.4 Å². The Kier molecular flexibility index (Phi) is 6.02. The number of rotatable bonds is 7. The van der Waals surface area contributed by atoms with Gasteiger partial charge in [0, 0.05) is 0 Å². The minimum absolute atomic E-state index is 0.230. The van der Waals surface area contributed by atoms with E-state index in [0.29, 0.717) is 5.75 Å². The van der Waals surface area contributed by atoms with E-state index in [2.05, 4.69) is 5.09 Å². The summed E-state index contributed by atoms with van der Waals surface area (Å²) in [7, 11) is -3.55. The highest BCUT2D eigenvalue weighted by Crippen LogP contribution is 2.42. The van der Waals surface area contributed by atoms with Crippen molar-refractivity contribution in [3.63, 3.8) is 0 Å². The van der Waals surface area contributed by atoms with Gasteiger partial charge in [-0.05, 0) is 26.0 Å². The summed E-state index contributed by atoms with van der Waals surface area (Å²) in [6.45, 7) is 3.40. The molecule has 0 aromatic heterocycles. The van der Waals surface area contributed by atoms with Gasteiger partial charge in [-0.15, -0.1) is 0 Å². The molecule has 2 atom stereocenters. The van der Waals surface area contributed by atoms with Crippen LogP contribution in [0.4, 0.5) is 0 Å². The van der Waals surface area contributed by atoms with E-state index < -0.39 is 25.9 Å². The van der Waals surface area contributed by atoms with E-state index in [4.69, 9.17) is 9.26 Å². The van der Waals surface area contributed by atoms with Gasteiger partial charge in [0.05, 0.1) is 6.61 Å². The fourth-order valence-electron chi connectivity index (χ4n) is 1.36. The molecule has 0 radical (unpaired) electrons. The summed E-state index contributed by atoms with van der Waals surface area (Å²) in [6, 6.07) is 7.60. The Morgan fingerprint density at radius 1 is 1.42 bits per heavy atom. The van der Waals surface area contributed by atoms with Crippen LogP contribution in [0.1, 0.15) is 13.8 Å². The molecule has 0 heterocycles. The van der Waals surface area contributed by atoms with Crippen LogP contribution in [0, 0.1) is 0 Å². The van der Waals surface area contributed by atoms with Crippen molar-refractivity contribution in [1.82, 2.24) is 5.09 Å². The van der Waals surface area contributed by atoms with Crippen LogP contribution in [0.3, 0.4) is 0 Å². The van der Waals surface area contributed by atoms with Crippen molar-refractivity contribution in [1.29, 1.82) is 0 Å². The molecule has 0 aliphatic carbocycles. The number of aliphatic hydroxyl groups excluding tert-OH is 1. The molecule has 6 nitrogen and oxygen atoms in total. The summed E-state index contributed by atoms with van der Waals surface area (Å²) in [6.07, 6.45) is -0.717. The van der Waals surface area contributed by atoms with Crippen molar-refractivity contribution in [3.8, 4) is 5.75 Å². The Bertz CT molecular complexity index is 451. The molecule has 0 bridgehead atoms. The van der Waals surface area contributed by atoms with E-state index in [-0.39, 0.29) is 6.61 Å². The minimum Gasteiger partial charge on any atom is -0.465 e. The summed E-state index contributed by atoms with van der Waals surface area (Å²) in [4.78, 5) is 11.4. The van der Waals surface area contributed by atoms with E-state index in [1.807, 2.05) is 0 Å². The Morgan fingerprint density at radius 2 is 2.05 bits per heavy atom. The fraction of sp³-hybridized carbons (Fsp3) is 0.417. The van der Waals surface area contributed by atoms with Crippen LogP contribution in [0.5, 0.6) is 5.75 Å². The van der Waals surface area contributed by atoms with Crippen molar-refractivity contribution >= 4 is 13.5 Å². The summed E-state index contributed by atoms with van der Waals surface area (Å²) in [5.41, 5.74) is 0. The average molecular weight is 287 g/mol. The molecule has 1 rings (SSSR count). The zero-order valence-electron chi connectivity index (χ0n) is 10.9. The van der Waals surface area contributed by atoms with Gasteiger partial charge in [0.2, 0.25) is 0 Å². The smallest absolute Gasteiger partial charge is 0.342 e. The van der Waals surface area contributed by atoms with Crippen LogP contribution in [0.2, 0.25) is 0 Å². The number of hydrogen-bond acceptors (Lipinski definition) is 5. The zero-order valence-corrected chi connectivity index (χ0v) is 11.8. The van der Waals surface area contributed by atoms with Crippen LogP contribution in [-0.4, -0.2) is 30.1 Å². The molecule has 0 amide bonds. The number of carbonyl (C=O) groups excluding carboxylic acids is 1. The number of esters is 1. The van der Waals surface area contributed by atoms with Gasteiger partial charge in [0.1, 0.15) is 18.1 Å². The molecule has 1 aromatic carbocycles. The highest BCUT2D eigenvalue weighted by atomic mass is 31.2. The Balaban J connectivity index is 2.70. The first-order chi connectivity index (χ1) is 9.00. The Labute approximate surface area is 112 Å². The third-order valence-corrected chi connectivity index (χ3v) is 3.87. The van der Waals surface area contributed by atoms with Crippen molar-refractivity contribution in [3.05, 3.63) is 30.3 Å². The van der Waals surface area contributed by atoms with E-state index in [9.17, 15) is 14.5 Å². The molecule has 106 valence electrons. The lowest BCUT2D eigenvalue weighted by molar-refractivity contribution is -0.144.